The predicted octanol–water partition coefficient (Wildman–Crippen LogP) is 3.69. The van der Waals surface area contributed by atoms with Gasteiger partial charge < -0.3 is 14.5 Å². The van der Waals surface area contributed by atoms with Gasteiger partial charge in [-0.2, -0.15) is 0 Å². The number of halogens is 1. The van der Waals surface area contributed by atoms with Crippen molar-refractivity contribution in [2.24, 2.45) is 0 Å². The Balaban J connectivity index is 1.65. The molecule has 0 saturated heterocycles. The number of benzene rings is 1. The number of furan rings is 1. The quantitative estimate of drug-likeness (QED) is 0.774. The van der Waals surface area contributed by atoms with Crippen molar-refractivity contribution >= 4 is 21.8 Å². The van der Waals surface area contributed by atoms with E-state index in [1.54, 1.807) is 6.26 Å². The monoisotopic (exact) mass is 351 g/mol. The first-order valence-electron chi connectivity index (χ1n) is 6.80. The average Bonchev–Trinajstić information content (AvgIpc) is 2.94. The molecule has 1 aromatic carbocycles. The summed E-state index contributed by atoms with van der Waals surface area (Å²) in [6.07, 6.45) is 2.39. The van der Waals surface area contributed by atoms with E-state index in [2.05, 4.69) is 21.2 Å². The van der Waals surface area contributed by atoms with Crippen LogP contribution in [0.2, 0.25) is 0 Å². The maximum absolute atomic E-state index is 12.0. The van der Waals surface area contributed by atoms with Crippen molar-refractivity contribution in [3.8, 4) is 0 Å². The highest BCUT2D eigenvalue weighted by atomic mass is 79.9. The lowest BCUT2D eigenvalue weighted by Gasteiger charge is -2.07. The van der Waals surface area contributed by atoms with Gasteiger partial charge in [-0.1, -0.05) is 15.9 Å². The van der Waals surface area contributed by atoms with Crippen LogP contribution in [0.3, 0.4) is 0 Å². The first-order chi connectivity index (χ1) is 10.1. The van der Waals surface area contributed by atoms with Gasteiger partial charge >= 0.3 is 0 Å². The molecule has 0 unspecified atom stereocenters. The van der Waals surface area contributed by atoms with Crippen LogP contribution in [0.25, 0.3) is 0 Å². The first-order valence-corrected chi connectivity index (χ1v) is 7.60. The Hall–Kier alpha value is -1.59. The van der Waals surface area contributed by atoms with Gasteiger partial charge in [0.2, 0.25) is 0 Å². The second-order valence-electron chi connectivity index (χ2n) is 4.76. The van der Waals surface area contributed by atoms with Gasteiger partial charge in [0.05, 0.1) is 6.26 Å². The molecule has 112 valence electrons. The molecule has 4 nitrogen and oxygen atoms in total. The van der Waals surface area contributed by atoms with Gasteiger partial charge in [-0.3, -0.25) is 4.79 Å². The summed E-state index contributed by atoms with van der Waals surface area (Å²) in [5.74, 6) is 0.745. The van der Waals surface area contributed by atoms with Crippen LogP contribution >= 0.6 is 15.9 Å². The lowest BCUT2D eigenvalue weighted by molar-refractivity contribution is 0.0917. The van der Waals surface area contributed by atoms with Crippen molar-refractivity contribution in [2.45, 2.75) is 20.0 Å². The van der Waals surface area contributed by atoms with Gasteiger partial charge in [0.25, 0.3) is 5.91 Å². The number of ether oxygens (including phenoxy) is 1. The first kappa shape index (κ1) is 15.8. The van der Waals surface area contributed by atoms with Gasteiger partial charge in [0.15, 0.2) is 0 Å². The molecule has 1 heterocycles. The Morgan fingerprint density at radius 3 is 2.95 bits per heavy atom. The van der Waals surface area contributed by atoms with Crippen LogP contribution in [0.15, 0.2) is 45.5 Å². The van der Waals surface area contributed by atoms with Crippen LogP contribution < -0.4 is 5.32 Å². The number of nitrogens with one attached hydrogen (secondary N) is 1. The molecule has 1 N–H and O–H groups in total. The lowest BCUT2D eigenvalue weighted by Crippen LogP contribution is -2.25. The zero-order valence-electron chi connectivity index (χ0n) is 11.9. The molecule has 2 rings (SSSR count). The maximum Gasteiger partial charge on any atom is 0.251 e. The summed E-state index contributed by atoms with van der Waals surface area (Å²) < 4.78 is 11.5. The zero-order chi connectivity index (χ0) is 15.1. The summed E-state index contributed by atoms with van der Waals surface area (Å²) in [6, 6.07) is 9.36. The van der Waals surface area contributed by atoms with Gasteiger partial charge in [0.1, 0.15) is 12.4 Å². The van der Waals surface area contributed by atoms with Crippen LogP contribution in [0.4, 0.5) is 0 Å². The third kappa shape index (κ3) is 5.36. The predicted molar refractivity (Wildman–Crippen MR) is 84.2 cm³/mol. The van der Waals surface area contributed by atoms with Gasteiger partial charge in [0, 0.05) is 23.2 Å². The minimum atomic E-state index is -0.0644. The van der Waals surface area contributed by atoms with Crippen LogP contribution in [-0.2, 0) is 11.3 Å². The van der Waals surface area contributed by atoms with E-state index >= 15 is 0 Å². The van der Waals surface area contributed by atoms with E-state index in [1.165, 1.54) is 0 Å². The number of aryl methyl sites for hydroxylation is 1. The second-order valence-corrected chi connectivity index (χ2v) is 5.67. The van der Waals surface area contributed by atoms with Crippen LogP contribution in [0, 0.1) is 6.92 Å². The van der Waals surface area contributed by atoms with Crippen molar-refractivity contribution in [3.05, 3.63) is 58.0 Å². The maximum atomic E-state index is 12.0. The van der Waals surface area contributed by atoms with Crippen molar-refractivity contribution in [3.63, 3.8) is 0 Å². The Morgan fingerprint density at radius 1 is 1.38 bits per heavy atom. The fourth-order valence-corrected chi connectivity index (χ4v) is 2.52. The Kier molecular flexibility index (Phi) is 6.02. The molecule has 0 aliphatic carbocycles. The summed E-state index contributed by atoms with van der Waals surface area (Å²) in [5.41, 5.74) is 1.72. The normalized spacial score (nSPS) is 10.6. The number of rotatable bonds is 7. The molecule has 0 bridgehead atoms. The van der Waals surface area contributed by atoms with E-state index in [0.717, 1.165) is 22.2 Å². The smallest absolute Gasteiger partial charge is 0.251 e. The molecule has 1 amide bonds. The molecule has 0 atom stereocenters. The lowest BCUT2D eigenvalue weighted by atomic mass is 10.1. The number of hydrogen-bond acceptors (Lipinski definition) is 3. The second kappa shape index (κ2) is 8.00. The average molecular weight is 352 g/mol. The van der Waals surface area contributed by atoms with E-state index in [9.17, 15) is 4.79 Å². The third-order valence-electron chi connectivity index (χ3n) is 2.88. The fourth-order valence-electron chi connectivity index (χ4n) is 1.91. The molecule has 0 radical (unpaired) electrons. The highest BCUT2D eigenvalue weighted by molar-refractivity contribution is 9.10. The van der Waals surface area contributed by atoms with Crippen LogP contribution in [-0.4, -0.2) is 19.1 Å². The SMILES string of the molecule is Cc1cc(Br)cc(C(=O)NCCCOCc2ccco2)c1. The Morgan fingerprint density at radius 2 is 2.24 bits per heavy atom. The van der Waals surface area contributed by atoms with Gasteiger partial charge in [-0.15, -0.1) is 0 Å². The van der Waals surface area contributed by atoms with E-state index < -0.39 is 0 Å². The Labute approximate surface area is 132 Å². The minimum absolute atomic E-state index is 0.0644. The molecular formula is C16H18BrNO3. The molecule has 0 fully saturated rings. The summed E-state index contributed by atoms with van der Waals surface area (Å²) in [6.45, 7) is 3.59. The molecule has 21 heavy (non-hydrogen) atoms. The molecule has 0 saturated carbocycles. The summed E-state index contributed by atoms with van der Waals surface area (Å²) >= 11 is 3.39. The molecule has 5 heteroatoms. The Bertz CT molecular complexity index is 561. The van der Waals surface area contributed by atoms with Gasteiger partial charge in [-0.05, 0) is 49.2 Å². The van der Waals surface area contributed by atoms with E-state index in [0.29, 0.717) is 25.3 Å². The summed E-state index contributed by atoms with van der Waals surface area (Å²) in [7, 11) is 0. The number of carbonyl (C=O) groups excluding carboxylic acids is 1. The van der Waals surface area contributed by atoms with Crippen molar-refractivity contribution in [2.75, 3.05) is 13.2 Å². The molecule has 2 aromatic rings. The molecule has 0 spiro atoms. The standard InChI is InChI=1S/C16H18BrNO3/c1-12-8-13(10-14(17)9-12)16(19)18-5-3-6-20-11-15-4-2-7-21-15/h2,4,7-10H,3,5-6,11H2,1H3,(H,18,19). The topological polar surface area (TPSA) is 51.5 Å². The van der Waals surface area contributed by atoms with E-state index in [1.807, 2.05) is 37.3 Å². The van der Waals surface area contributed by atoms with E-state index in [-0.39, 0.29) is 5.91 Å². The zero-order valence-corrected chi connectivity index (χ0v) is 13.5. The number of amides is 1. The van der Waals surface area contributed by atoms with E-state index in [4.69, 9.17) is 9.15 Å². The van der Waals surface area contributed by atoms with Gasteiger partial charge in [-0.25, -0.2) is 0 Å². The van der Waals surface area contributed by atoms with Crippen molar-refractivity contribution < 1.29 is 13.9 Å². The molecule has 1 aromatic heterocycles. The van der Waals surface area contributed by atoms with Crippen molar-refractivity contribution in [1.82, 2.24) is 5.32 Å². The molecule has 0 aliphatic rings. The largest absolute Gasteiger partial charge is 0.467 e. The number of hydrogen-bond donors (Lipinski definition) is 1. The third-order valence-corrected chi connectivity index (χ3v) is 3.34. The minimum Gasteiger partial charge on any atom is -0.467 e. The highest BCUT2D eigenvalue weighted by Gasteiger charge is 2.06. The summed E-state index contributed by atoms with van der Waals surface area (Å²) in [4.78, 5) is 12.0. The molecule has 0 aliphatic heterocycles. The van der Waals surface area contributed by atoms with Crippen molar-refractivity contribution in [1.29, 1.82) is 0 Å². The summed E-state index contributed by atoms with van der Waals surface area (Å²) in [5, 5.41) is 2.88. The fraction of sp³-hybridized carbons (Fsp3) is 0.312. The molecular weight excluding hydrogens is 334 g/mol. The highest BCUT2D eigenvalue weighted by Crippen LogP contribution is 2.15. The number of carbonyl (C=O) groups is 1. The van der Waals surface area contributed by atoms with Crippen LogP contribution in [0.1, 0.15) is 28.1 Å². The van der Waals surface area contributed by atoms with Crippen LogP contribution in [0.5, 0.6) is 0 Å².